The van der Waals surface area contributed by atoms with E-state index in [1.807, 2.05) is 30.4 Å². The Morgan fingerprint density at radius 3 is 2.43 bits per heavy atom. The van der Waals surface area contributed by atoms with E-state index in [0.717, 1.165) is 6.42 Å². The molecule has 3 rings (SSSR count). The summed E-state index contributed by atoms with van der Waals surface area (Å²) in [6.45, 7) is 4.17. The van der Waals surface area contributed by atoms with Gasteiger partial charge in [-0.2, -0.15) is 0 Å². The second-order valence-corrected chi connectivity index (χ2v) is 7.84. The Balaban J connectivity index is 1.96. The van der Waals surface area contributed by atoms with Crippen molar-refractivity contribution in [3.8, 4) is 0 Å². The molecule has 5 nitrogen and oxygen atoms in total. The molecular weight excluding hydrogens is 313 g/mol. The minimum Gasteiger partial charge on any atom is -0.317 e. The van der Waals surface area contributed by atoms with E-state index in [9.17, 15) is 9.36 Å². The number of hydrogen-bond acceptors (Lipinski definition) is 4. The normalized spacial score (nSPS) is 26.0. The van der Waals surface area contributed by atoms with Crippen molar-refractivity contribution in [1.82, 2.24) is 4.90 Å². The number of carbonyl (C=O) groups is 1. The number of fused-ring (bicyclic) bond motifs is 2. The van der Waals surface area contributed by atoms with E-state index in [1.165, 1.54) is 0 Å². The zero-order chi connectivity index (χ0) is 16.4. The van der Waals surface area contributed by atoms with E-state index in [0.29, 0.717) is 18.8 Å². The Hall–Kier alpha value is -1.42. The molecule has 0 aromatic heterocycles. The van der Waals surface area contributed by atoms with Gasteiger partial charge in [0.25, 0.3) is 5.91 Å². The van der Waals surface area contributed by atoms with Crippen LogP contribution in [0.3, 0.4) is 0 Å². The minimum atomic E-state index is -3.39. The van der Waals surface area contributed by atoms with Crippen LogP contribution in [0.1, 0.15) is 30.6 Å². The Bertz CT molecular complexity index is 635. The van der Waals surface area contributed by atoms with Crippen molar-refractivity contribution < 1.29 is 18.4 Å². The lowest BCUT2D eigenvalue weighted by Gasteiger charge is -2.36. The molecule has 1 fully saturated rings. The average molecular weight is 335 g/mol. The molecule has 1 aromatic rings. The van der Waals surface area contributed by atoms with Crippen molar-refractivity contribution in [2.75, 3.05) is 13.2 Å². The summed E-state index contributed by atoms with van der Waals surface area (Å²) in [7, 11) is -3.39. The summed E-state index contributed by atoms with van der Waals surface area (Å²) in [6, 6.07) is 9.05. The molecule has 1 amide bonds. The second kappa shape index (κ2) is 6.60. The van der Waals surface area contributed by atoms with E-state index in [1.54, 1.807) is 30.9 Å². The molecule has 1 saturated heterocycles. The van der Waals surface area contributed by atoms with Gasteiger partial charge in [0.15, 0.2) is 0 Å². The molecule has 1 aliphatic carbocycles. The average Bonchev–Trinajstić information content (AvgIpc) is 3.16. The van der Waals surface area contributed by atoms with Crippen LogP contribution in [0.2, 0.25) is 0 Å². The third-order valence-electron chi connectivity index (χ3n) is 4.32. The van der Waals surface area contributed by atoms with E-state index >= 15 is 0 Å². The maximum Gasteiger partial charge on any atom is 0.353 e. The van der Waals surface area contributed by atoms with Gasteiger partial charge >= 0.3 is 7.60 Å². The van der Waals surface area contributed by atoms with Crippen LogP contribution in [0.15, 0.2) is 42.5 Å². The van der Waals surface area contributed by atoms with Crippen molar-refractivity contribution in [3.05, 3.63) is 48.0 Å². The summed E-state index contributed by atoms with van der Waals surface area (Å²) >= 11 is 0. The third-order valence-corrected chi connectivity index (χ3v) is 6.83. The van der Waals surface area contributed by atoms with Gasteiger partial charge in [0, 0.05) is 11.5 Å². The summed E-state index contributed by atoms with van der Waals surface area (Å²) in [5, 5.41) is 0. The molecule has 23 heavy (non-hydrogen) atoms. The van der Waals surface area contributed by atoms with E-state index in [2.05, 4.69) is 0 Å². The van der Waals surface area contributed by atoms with Crippen LogP contribution in [-0.2, 0) is 13.6 Å². The molecule has 3 atom stereocenters. The molecule has 1 aromatic carbocycles. The summed E-state index contributed by atoms with van der Waals surface area (Å²) < 4.78 is 24.3. The summed E-state index contributed by atoms with van der Waals surface area (Å²) in [5.74, 6) is -0.631. The summed E-state index contributed by atoms with van der Waals surface area (Å²) in [4.78, 5) is 14.7. The predicted molar refractivity (Wildman–Crippen MR) is 88.3 cm³/mol. The number of rotatable bonds is 6. The van der Waals surface area contributed by atoms with Gasteiger partial charge in [-0.05, 0) is 32.4 Å². The molecule has 1 aliphatic heterocycles. The van der Waals surface area contributed by atoms with Gasteiger partial charge in [-0.1, -0.05) is 30.4 Å². The molecule has 0 radical (unpaired) electrons. The van der Waals surface area contributed by atoms with Gasteiger partial charge in [0.05, 0.1) is 19.3 Å². The van der Waals surface area contributed by atoms with Crippen molar-refractivity contribution >= 4 is 13.5 Å². The Morgan fingerprint density at radius 1 is 1.17 bits per heavy atom. The number of amides is 1. The van der Waals surface area contributed by atoms with E-state index in [4.69, 9.17) is 9.05 Å². The Kier molecular flexibility index (Phi) is 4.72. The molecule has 2 aliphatic rings. The van der Waals surface area contributed by atoms with Crippen molar-refractivity contribution in [1.29, 1.82) is 0 Å². The fraction of sp³-hybridized carbons (Fsp3) is 0.471. The lowest BCUT2D eigenvalue weighted by atomic mass is 10.1. The summed E-state index contributed by atoms with van der Waals surface area (Å²) in [6.07, 6.45) is 4.84. The highest BCUT2D eigenvalue weighted by atomic mass is 31.2. The Labute approximate surface area is 136 Å². The molecule has 0 N–H and O–H groups in total. The quantitative estimate of drug-likeness (QED) is 0.588. The highest BCUT2D eigenvalue weighted by Crippen LogP contribution is 2.62. The van der Waals surface area contributed by atoms with Crippen LogP contribution in [0.5, 0.6) is 0 Å². The first-order chi connectivity index (χ1) is 11.1. The highest BCUT2D eigenvalue weighted by Gasteiger charge is 2.55. The van der Waals surface area contributed by atoms with Gasteiger partial charge in [-0.3, -0.25) is 9.36 Å². The fourth-order valence-electron chi connectivity index (χ4n) is 3.47. The van der Waals surface area contributed by atoms with Crippen molar-refractivity contribution in [3.63, 3.8) is 0 Å². The third kappa shape index (κ3) is 2.89. The highest BCUT2D eigenvalue weighted by molar-refractivity contribution is 7.54. The summed E-state index contributed by atoms with van der Waals surface area (Å²) in [5.41, 5.74) is 0.595. The number of nitrogens with zero attached hydrogens (tertiary/aromatic N) is 1. The van der Waals surface area contributed by atoms with Gasteiger partial charge in [0.1, 0.15) is 5.78 Å². The zero-order valence-corrected chi connectivity index (χ0v) is 14.3. The molecule has 0 saturated carbocycles. The molecule has 1 heterocycles. The van der Waals surface area contributed by atoms with Crippen LogP contribution >= 0.6 is 7.60 Å². The number of hydrogen-bond donors (Lipinski definition) is 0. The van der Waals surface area contributed by atoms with Crippen LogP contribution in [0.25, 0.3) is 0 Å². The molecule has 6 heteroatoms. The number of benzene rings is 1. The number of likely N-dealkylation sites (tertiary alicyclic amines) is 1. The van der Waals surface area contributed by atoms with Gasteiger partial charge in [-0.15, -0.1) is 0 Å². The van der Waals surface area contributed by atoms with Gasteiger partial charge in [0.2, 0.25) is 0 Å². The maximum atomic E-state index is 13.3. The second-order valence-electron chi connectivity index (χ2n) is 5.72. The largest absolute Gasteiger partial charge is 0.353 e. The van der Waals surface area contributed by atoms with E-state index in [-0.39, 0.29) is 17.9 Å². The topological polar surface area (TPSA) is 55.8 Å². The first-order valence-electron chi connectivity index (χ1n) is 8.05. The van der Waals surface area contributed by atoms with Crippen molar-refractivity contribution in [2.45, 2.75) is 32.1 Å². The maximum absolute atomic E-state index is 13.3. The molecule has 0 spiro atoms. The smallest absolute Gasteiger partial charge is 0.317 e. The van der Waals surface area contributed by atoms with Crippen molar-refractivity contribution in [2.24, 2.45) is 5.92 Å². The standard InChI is InChI=1S/C17H22NO4P/c1-3-21-23(20,22-4-2)17-14-10-11-15(12-14)18(17)16(19)13-8-6-5-7-9-13/h5-11,14-15,17H,3-4,12H2,1-2H3/t14-,15+,17-/m1/s1. The van der Waals surface area contributed by atoms with Gasteiger partial charge < -0.3 is 13.9 Å². The lowest BCUT2D eigenvalue weighted by Crippen LogP contribution is -2.43. The minimum absolute atomic E-state index is 0.0246. The van der Waals surface area contributed by atoms with Gasteiger partial charge in [-0.25, -0.2) is 0 Å². The molecular formula is C17H22NO4P. The van der Waals surface area contributed by atoms with Crippen LogP contribution in [0.4, 0.5) is 0 Å². The van der Waals surface area contributed by atoms with E-state index < -0.39 is 13.4 Å². The first-order valence-corrected chi connectivity index (χ1v) is 9.66. The number of carbonyl (C=O) groups excluding carboxylic acids is 1. The molecule has 124 valence electrons. The molecule has 0 unspecified atom stereocenters. The zero-order valence-electron chi connectivity index (χ0n) is 13.4. The van der Waals surface area contributed by atoms with Crippen LogP contribution < -0.4 is 0 Å². The monoisotopic (exact) mass is 335 g/mol. The fourth-order valence-corrected chi connectivity index (χ4v) is 5.84. The Morgan fingerprint density at radius 2 is 1.83 bits per heavy atom. The molecule has 2 bridgehead atoms. The lowest BCUT2D eigenvalue weighted by molar-refractivity contribution is 0.0694. The van der Waals surface area contributed by atoms with Crippen LogP contribution in [-0.4, -0.2) is 35.8 Å². The predicted octanol–water partition coefficient (Wildman–Crippen LogP) is 3.68. The first kappa shape index (κ1) is 16.4. The van der Waals surface area contributed by atoms with Crippen LogP contribution in [0, 0.1) is 5.92 Å². The SMILES string of the molecule is CCOP(=O)(OCC)[C@@H]1[C@@H]2C=C[C@@H](C2)N1C(=O)c1ccccc1.